The van der Waals surface area contributed by atoms with E-state index in [1.54, 1.807) is 11.0 Å². The molecule has 3 unspecified atom stereocenters. The minimum atomic E-state index is -1.07. The molecule has 2 heterocycles. The number of carbonyl (C=O) groups is 2. The van der Waals surface area contributed by atoms with Gasteiger partial charge in [0.25, 0.3) is 5.91 Å². The first-order valence-corrected chi connectivity index (χ1v) is 10.5. The average Bonchev–Trinajstić information content (AvgIpc) is 2.69. The van der Waals surface area contributed by atoms with Crippen LogP contribution < -0.4 is 15.5 Å². The van der Waals surface area contributed by atoms with Crippen molar-refractivity contribution >= 4 is 17.7 Å². The largest absolute Gasteiger partial charge is 0.444 e. The number of ether oxygens (including phenoxy) is 1. The van der Waals surface area contributed by atoms with E-state index < -0.39 is 35.8 Å². The maximum atomic E-state index is 14.8. The predicted molar refractivity (Wildman–Crippen MR) is 112 cm³/mol. The molecule has 1 aromatic carbocycles. The molecule has 31 heavy (non-hydrogen) atoms. The van der Waals surface area contributed by atoms with Crippen LogP contribution in [0.5, 0.6) is 0 Å². The summed E-state index contributed by atoms with van der Waals surface area (Å²) in [6.45, 7) is 7.15. The number of hydrogen-bond acceptors (Lipinski definition) is 7. The molecule has 0 spiro atoms. The molecule has 3 atom stereocenters. The summed E-state index contributed by atoms with van der Waals surface area (Å²) in [5, 5.41) is 24.6. The molecule has 0 bridgehead atoms. The monoisotopic (exact) mass is 438 g/mol. The number of nitrogens with one attached hydrogen (secondary N) is 2. The Balaban J connectivity index is 1.57. The van der Waals surface area contributed by atoms with Crippen LogP contribution in [0.3, 0.4) is 0 Å². The highest BCUT2D eigenvalue weighted by molar-refractivity contribution is 5.94. The first-order valence-electron chi connectivity index (χ1n) is 10.5. The Hall–Kier alpha value is -2.43. The number of nitrogens with zero attached hydrogens (tertiary/aromatic N) is 2. The second-order valence-corrected chi connectivity index (χ2v) is 8.91. The second-order valence-electron chi connectivity index (χ2n) is 8.91. The normalized spacial score (nSPS) is 24.6. The molecule has 0 aromatic heterocycles. The van der Waals surface area contributed by atoms with Gasteiger partial charge in [-0.1, -0.05) is 0 Å². The number of benzene rings is 1. The lowest BCUT2D eigenvalue weighted by molar-refractivity contribution is -0.0161. The molecular weight excluding hydrogens is 407 g/mol. The van der Waals surface area contributed by atoms with E-state index in [1.807, 2.05) is 25.7 Å². The molecule has 9 nitrogen and oxygen atoms in total. The fourth-order valence-electron chi connectivity index (χ4n) is 3.66. The summed E-state index contributed by atoms with van der Waals surface area (Å²) in [6.07, 6.45) is -1.46. The Labute approximate surface area is 181 Å². The van der Waals surface area contributed by atoms with Gasteiger partial charge >= 0.3 is 6.09 Å². The quantitative estimate of drug-likeness (QED) is 0.557. The summed E-state index contributed by atoms with van der Waals surface area (Å²) in [6, 6.07) is 3.68. The van der Waals surface area contributed by atoms with Crippen LogP contribution in [0.15, 0.2) is 18.2 Å². The number of amides is 2. The number of carbonyl (C=O) groups excluding carboxylic acids is 2. The summed E-state index contributed by atoms with van der Waals surface area (Å²) in [5.74, 6) is -1.03. The number of anilines is 1. The van der Waals surface area contributed by atoms with Crippen molar-refractivity contribution in [3.05, 3.63) is 29.6 Å². The Kier molecular flexibility index (Phi) is 7.03. The van der Waals surface area contributed by atoms with Crippen molar-refractivity contribution in [2.75, 3.05) is 31.1 Å². The summed E-state index contributed by atoms with van der Waals surface area (Å²) >= 11 is 0. The number of hydrogen-bond donors (Lipinski definition) is 4. The van der Waals surface area contributed by atoms with Gasteiger partial charge < -0.3 is 30.1 Å². The fraction of sp³-hybridized carbons (Fsp3) is 0.619. The molecule has 2 saturated heterocycles. The lowest BCUT2D eigenvalue weighted by Crippen LogP contribution is -2.56. The molecule has 3 rings (SSSR count). The molecule has 1 aromatic rings. The number of piperidine rings is 1. The molecule has 0 saturated carbocycles. The van der Waals surface area contributed by atoms with Gasteiger partial charge in [-0.2, -0.15) is 0 Å². The van der Waals surface area contributed by atoms with Gasteiger partial charge in [0.1, 0.15) is 23.9 Å². The average molecular weight is 439 g/mol. The van der Waals surface area contributed by atoms with Crippen molar-refractivity contribution < 1.29 is 28.9 Å². The molecule has 10 heteroatoms. The minimum absolute atomic E-state index is 0.145. The van der Waals surface area contributed by atoms with Crippen LogP contribution >= 0.6 is 0 Å². The van der Waals surface area contributed by atoms with Crippen LogP contribution in [0, 0.1) is 5.82 Å². The number of rotatable bonds is 3. The molecule has 0 aliphatic carbocycles. The smallest absolute Gasteiger partial charge is 0.410 e. The fourth-order valence-corrected chi connectivity index (χ4v) is 3.66. The van der Waals surface area contributed by atoms with Gasteiger partial charge in [0.2, 0.25) is 0 Å². The highest BCUT2D eigenvalue weighted by atomic mass is 19.1. The van der Waals surface area contributed by atoms with Crippen molar-refractivity contribution in [1.29, 1.82) is 0 Å². The highest BCUT2D eigenvalue weighted by Crippen LogP contribution is 2.23. The third kappa shape index (κ3) is 6.05. The van der Waals surface area contributed by atoms with E-state index in [1.165, 1.54) is 12.1 Å². The van der Waals surface area contributed by atoms with Gasteiger partial charge in [0.15, 0.2) is 0 Å². The predicted octanol–water partition coefficient (Wildman–Crippen LogP) is 1.00. The zero-order valence-corrected chi connectivity index (χ0v) is 18.1. The lowest BCUT2D eigenvalue weighted by Gasteiger charge is -2.37. The van der Waals surface area contributed by atoms with Crippen molar-refractivity contribution in [2.45, 2.75) is 57.7 Å². The third-order valence-corrected chi connectivity index (χ3v) is 5.29. The molecular formula is C21H31FN4O5. The van der Waals surface area contributed by atoms with Crippen LogP contribution in [-0.4, -0.2) is 77.4 Å². The van der Waals surface area contributed by atoms with Gasteiger partial charge in [-0.15, -0.1) is 0 Å². The Bertz CT molecular complexity index is 807. The van der Waals surface area contributed by atoms with Gasteiger partial charge in [-0.05, 0) is 51.8 Å². The van der Waals surface area contributed by atoms with Crippen molar-refractivity contribution in [2.24, 2.45) is 0 Å². The van der Waals surface area contributed by atoms with E-state index in [-0.39, 0.29) is 11.7 Å². The molecule has 2 aliphatic heterocycles. The van der Waals surface area contributed by atoms with Crippen molar-refractivity contribution in [1.82, 2.24) is 15.5 Å². The molecule has 2 amide bonds. The van der Waals surface area contributed by atoms with Gasteiger partial charge in [-0.25, -0.2) is 9.18 Å². The standard InChI is InChI=1S/C21H31FN4O5/c1-21(2,3)31-20(30)26-10-8-25(9-11-26)16-6-4-13(12-14(16)22)18(28)23-15-5-7-17(27)24-19(15)29/h4,6,12,15,17,19,24,27,29H,5,7-11H2,1-3H3,(H,23,28). The van der Waals surface area contributed by atoms with E-state index in [0.29, 0.717) is 44.7 Å². The lowest BCUT2D eigenvalue weighted by atomic mass is 10.0. The van der Waals surface area contributed by atoms with E-state index >= 15 is 0 Å². The van der Waals surface area contributed by atoms with E-state index in [4.69, 9.17) is 4.74 Å². The van der Waals surface area contributed by atoms with Crippen LogP contribution in [-0.2, 0) is 4.74 Å². The van der Waals surface area contributed by atoms with Gasteiger partial charge in [-0.3, -0.25) is 10.1 Å². The number of aliphatic hydroxyl groups is 2. The van der Waals surface area contributed by atoms with Crippen molar-refractivity contribution in [3.8, 4) is 0 Å². The van der Waals surface area contributed by atoms with E-state index in [2.05, 4.69) is 10.6 Å². The zero-order chi connectivity index (χ0) is 22.8. The SMILES string of the molecule is CC(C)(C)OC(=O)N1CCN(c2ccc(C(=O)NC3CCC(O)NC3O)cc2F)CC1. The molecule has 2 fully saturated rings. The number of aliphatic hydroxyl groups excluding tert-OH is 2. The zero-order valence-electron chi connectivity index (χ0n) is 18.1. The Morgan fingerprint density at radius 3 is 2.42 bits per heavy atom. The number of piperazine rings is 1. The van der Waals surface area contributed by atoms with Gasteiger partial charge in [0.05, 0.1) is 11.7 Å². The summed E-state index contributed by atoms with van der Waals surface area (Å²) in [5.41, 5.74) is -0.0601. The first-order chi connectivity index (χ1) is 14.5. The number of halogens is 1. The highest BCUT2D eigenvalue weighted by Gasteiger charge is 2.30. The molecule has 2 aliphatic rings. The maximum Gasteiger partial charge on any atom is 0.410 e. The topological polar surface area (TPSA) is 114 Å². The van der Waals surface area contributed by atoms with Gasteiger partial charge in [0, 0.05) is 31.7 Å². The van der Waals surface area contributed by atoms with Crippen LogP contribution in [0.4, 0.5) is 14.9 Å². The maximum absolute atomic E-state index is 14.8. The minimum Gasteiger partial charge on any atom is -0.444 e. The first kappa shape index (κ1) is 23.2. The van der Waals surface area contributed by atoms with Crippen molar-refractivity contribution in [3.63, 3.8) is 0 Å². The van der Waals surface area contributed by atoms with Crippen LogP contribution in [0.1, 0.15) is 44.0 Å². The molecule has 0 radical (unpaired) electrons. The van der Waals surface area contributed by atoms with Crippen LogP contribution in [0.25, 0.3) is 0 Å². The molecule has 172 valence electrons. The second kappa shape index (κ2) is 9.37. The Morgan fingerprint density at radius 2 is 1.84 bits per heavy atom. The summed E-state index contributed by atoms with van der Waals surface area (Å²) in [7, 11) is 0. The van der Waals surface area contributed by atoms with E-state index in [0.717, 1.165) is 0 Å². The summed E-state index contributed by atoms with van der Waals surface area (Å²) < 4.78 is 20.1. The van der Waals surface area contributed by atoms with Crippen LogP contribution in [0.2, 0.25) is 0 Å². The Morgan fingerprint density at radius 1 is 1.16 bits per heavy atom. The third-order valence-electron chi connectivity index (χ3n) is 5.29. The summed E-state index contributed by atoms with van der Waals surface area (Å²) in [4.78, 5) is 28.1. The van der Waals surface area contributed by atoms with E-state index in [9.17, 15) is 24.2 Å². The molecule has 4 N–H and O–H groups in total.